The van der Waals surface area contributed by atoms with E-state index in [1.54, 1.807) is 6.20 Å². The SMILES string of the molecule is C[C@H](NC(=O)[C@H]1C[C@@H]1c1ccccc1)c1cccnc1O[C@@H]1CCOC1. The zero-order valence-corrected chi connectivity index (χ0v) is 14.9. The minimum Gasteiger partial charge on any atom is -0.472 e. The second-order valence-corrected chi connectivity index (χ2v) is 7.09. The van der Waals surface area contributed by atoms with E-state index >= 15 is 0 Å². The lowest BCUT2D eigenvalue weighted by Gasteiger charge is -2.19. The molecular formula is C21H24N2O3. The van der Waals surface area contributed by atoms with Crippen LogP contribution in [-0.2, 0) is 9.53 Å². The lowest BCUT2D eigenvalue weighted by molar-refractivity contribution is -0.123. The highest BCUT2D eigenvalue weighted by Gasteiger charge is 2.44. The highest BCUT2D eigenvalue weighted by Crippen LogP contribution is 2.47. The van der Waals surface area contributed by atoms with Gasteiger partial charge in [-0.1, -0.05) is 36.4 Å². The lowest BCUT2D eigenvalue weighted by atomic mass is 10.1. The summed E-state index contributed by atoms with van der Waals surface area (Å²) in [5.74, 6) is 1.09. The summed E-state index contributed by atoms with van der Waals surface area (Å²) >= 11 is 0. The first-order valence-electron chi connectivity index (χ1n) is 9.27. The summed E-state index contributed by atoms with van der Waals surface area (Å²) in [6.45, 7) is 3.30. The van der Waals surface area contributed by atoms with Gasteiger partial charge in [0.2, 0.25) is 11.8 Å². The van der Waals surface area contributed by atoms with Crippen LogP contribution in [0.15, 0.2) is 48.7 Å². The number of amides is 1. The molecule has 136 valence electrons. The van der Waals surface area contributed by atoms with Crippen LogP contribution < -0.4 is 10.1 Å². The Morgan fingerprint density at radius 2 is 2.12 bits per heavy atom. The van der Waals surface area contributed by atoms with Gasteiger partial charge in [-0.2, -0.15) is 0 Å². The Hall–Kier alpha value is -2.40. The summed E-state index contributed by atoms with van der Waals surface area (Å²) < 4.78 is 11.4. The van der Waals surface area contributed by atoms with Gasteiger partial charge in [-0.05, 0) is 30.9 Å². The number of hydrogen-bond acceptors (Lipinski definition) is 4. The predicted octanol–water partition coefficient (Wildman–Crippen LogP) is 3.23. The second kappa shape index (κ2) is 7.46. The van der Waals surface area contributed by atoms with Gasteiger partial charge in [0.1, 0.15) is 6.10 Å². The summed E-state index contributed by atoms with van der Waals surface area (Å²) in [5, 5.41) is 3.13. The Morgan fingerprint density at radius 3 is 2.88 bits per heavy atom. The molecular weight excluding hydrogens is 328 g/mol. The van der Waals surface area contributed by atoms with Crippen LogP contribution in [0.5, 0.6) is 5.88 Å². The van der Waals surface area contributed by atoms with Crippen molar-refractivity contribution in [1.82, 2.24) is 10.3 Å². The first-order chi connectivity index (χ1) is 12.7. The van der Waals surface area contributed by atoms with Crippen LogP contribution in [0, 0.1) is 5.92 Å². The third kappa shape index (κ3) is 3.73. The Morgan fingerprint density at radius 1 is 1.27 bits per heavy atom. The van der Waals surface area contributed by atoms with E-state index in [4.69, 9.17) is 9.47 Å². The van der Waals surface area contributed by atoms with E-state index in [0.717, 1.165) is 25.0 Å². The van der Waals surface area contributed by atoms with Crippen molar-refractivity contribution in [2.75, 3.05) is 13.2 Å². The number of aromatic nitrogens is 1. The fraction of sp³-hybridized carbons (Fsp3) is 0.429. The number of hydrogen-bond donors (Lipinski definition) is 1. The van der Waals surface area contributed by atoms with E-state index in [9.17, 15) is 4.79 Å². The van der Waals surface area contributed by atoms with Gasteiger partial charge in [0.25, 0.3) is 0 Å². The van der Waals surface area contributed by atoms with Crippen molar-refractivity contribution in [2.45, 2.75) is 37.8 Å². The molecule has 2 aliphatic rings. The van der Waals surface area contributed by atoms with Gasteiger partial charge in [-0.3, -0.25) is 4.79 Å². The monoisotopic (exact) mass is 352 g/mol. The number of nitrogens with zero attached hydrogens (tertiary/aromatic N) is 1. The number of carbonyl (C=O) groups is 1. The van der Waals surface area contributed by atoms with Gasteiger partial charge >= 0.3 is 0 Å². The minimum absolute atomic E-state index is 0.0393. The summed E-state index contributed by atoms with van der Waals surface area (Å²) in [6.07, 6.45) is 3.54. The highest BCUT2D eigenvalue weighted by molar-refractivity contribution is 5.83. The molecule has 1 saturated heterocycles. The average Bonchev–Trinajstić information content (AvgIpc) is 3.32. The largest absolute Gasteiger partial charge is 0.472 e. The molecule has 1 aromatic heterocycles. The molecule has 1 saturated carbocycles. The molecule has 0 bridgehead atoms. The normalized spacial score (nSPS) is 25.5. The summed E-state index contributed by atoms with van der Waals surface area (Å²) in [5.41, 5.74) is 2.15. The Balaban J connectivity index is 1.39. The molecule has 2 aromatic rings. The Labute approximate surface area is 153 Å². The van der Waals surface area contributed by atoms with Gasteiger partial charge in [-0.25, -0.2) is 4.98 Å². The summed E-state index contributed by atoms with van der Waals surface area (Å²) in [4.78, 5) is 17.0. The molecule has 0 spiro atoms. The second-order valence-electron chi connectivity index (χ2n) is 7.09. The molecule has 5 nitrogen and oxygen atoms in total. The van der Waals surface area contributed by atoms with Crippen molar-refractivity contribution in [3.8, 4) is 5.88 Å². The van der Waals surface area contributed by atoms with Crippen LogP contribution >= 0.6 is 0 Å². The van der Waals surface area contributed by atoms with E-state index < -0.39 is 0 Å². The quantitative estimate of drug-likeness (QED) is 0.867. The summed E-state index contributed by atoms with van der Waals surface area (Å²) in [6, 6.07) is 13.9. The number of nitrogens with one attached hydrogen (secondary N) is 1. The van der Waals surface area contributed by atoms with Crippen LogP contribution in [0.25, 0.3) is 0 Å². The number of rotatable bonds is 6. The van der Waals surface area contributed by atoms with E-state index in [-0.39, 0.29) is 24.0 Å². The highest BCUT2D eigenvalue weighted by atomic mass is 16.5. The third-order valence-electron chi connectivity index (χ3n) is 5.15. The van der Waals surface area contributed by atoms with Gasteiger partial charge < -0.3 is 14.8 Å². The summed E-state index contributed by atoms with van der Waals surface area (Å²) in [7, 11) is 0. The number of carbonyl (C=O) groups excluding carboxylic acids is 1. The molecule has 1 amide bonds. The van der Waals surface area contributed by atoms with Crippen LogP contribution in [-0.4, -0.2) is 30.2 Å². The van der Waals surface area contributed by atoms with E-state index in [1.165, 1.54) is 5.56 Å². The molecule has 1 aliphatic heterocycles. The molecule has 0 radical (unpaired) electrons. The standard InChI is InChI=1S/C21H24N2O3/c1-14(17-8-5-10-22-21(17)26-16-9-11-25-13-16)23-20(24)19-12-18(19)15-6-3-2-4-7-15/h2-8,10,14,16,18-19H,9,11-13H2,1H3,(H,23,24)/t14-,16+,18+,19-/m0/s1. The minimum atomic E-state index is -0.148. The third-order valence-corrected chi connectivity index (χ3v) is 5.15. The molecule has 1 aliphatic carbocycles. The van der Waals surface area contributed by atoms with Crippen molar-refractivity contribution in [3.05, 3.63) is 59.8 Å². The van der Waals surface area contributed by atoms with Crippen molar-refractivity contribution in [1.29, 1.82) is 0 Å². The zero-order chi connectivity index (χ0) is 17.9. The number of ether oxygens (including phenoxy) is 2. The van der Waals surface area contributed by atoms with Gasteiger partial charge in [0, 0.05) is 24.1 Å². The van der Waals surface area contributed by atoms with Crippen molar-refractivity contribution in [3.63, 3.8) is 0 Å². The van der Waals surface area contributed by atoms with Crippen LogP contribution in [0.3, 0.4) is 0 Å². The molecule has 2 heterocycles. The first kappa shape index (κ1) is 17.0. The predicted molar refractivity (Wildman–Crippen MR) is 97.9 cm³/mol. The average molecular weight is 352 g/mol. The number of benzene rings is 1. The van der Waals surface area contributed by atoms with Crippen molar-refractivity contribution in [2.24, 2.45) is 5.92 Å². The van der Waals surface area contributed by atoms with E-state index in [0.29, 0.717) is 18.4 Å². The molecule has 4 atom stereocenters. The van der Waals surface area contributed by atoms with Crippen LogP contribution in [0.1, 0.15) is 42.9 Å². The Bertz CT molecular complexity index is 759. The molecule has 2 fully saturated rings. The number of pyridine rings is 1. The van der Waals surface area contributed by atoms with Gasteiger partial charge in [-0.15, -0.1) is 0 Å². The molecule has 26 heavy (non-hydrogen) atoms. The molecule has 5 heteroatoms. The maximum atomic E-state index is 12.6. The molecule has 1 aromatic carbocycles. The molecule has 1 N–H and O–H groups in total. The lowest BCUT2D eigenvalue weighted by Crippen LogP contribution is -2.29. The molecule has 4 rings (SSSR count). The van der Waals surface area contributed by atoms with Gasteiger partial charge in [0.05, 0.1) is 19.3 Å². The van der Waals surface area contributed by atoms with Crippen LogP contribution in [0.4, 0.5) is 0 Å². The van der Waals surface area contributed by atoms with Crippen LogP contribution in [0.2, 0.25) is 0 Å². The smallest absolute Gasteiger partial charge is 0.224 e. The fourth-order valence-corrected chi connectivity index (χ4v) is 3.55. The van der Waals surface area contributed by atoms with Crippen molar-refractivity contribution >= 4 is 5.91 Å². The first-order valence-corrected chi connectivity index (χ1v) is 9.27. The topological polar surface area (TPSA) is 60.5 Å². The van der Waals surface area contributed by atoms with E-state index in [1.807, 2.05) is 37.3 Å². The zero-order valence-electron chi connectivity index (χ0n) is 14.9. The molecule has 0 unspecified atom stereocenters. The fourth-order valence-electron chi connectivity index (χ4n) is 3.55. The Kier molecular flexibility index (Phi) is 4.89. The maximum absolute atomic E-state index is 12.6. The van der Waals surface area contributed by atoms with Crippen molar-refractivity contribution < 1.29 is 14.3 Å². The van der Waals surface area contributed by atoms with Gasteiger partial charge in [0.15, 0.2) is 0 Å². The van der Waals surface area contributed by atoms with E-state index in [2.05, 4.69) is 22.4 Å². The maximum Gasteiger partial charge on any atom is 0.224 e.